The highest BCUT2D eigenvalue weighted by atomic mass is 35.5. The summed E-state index contributed by atoms with van der Waals surface area (Å²) in [6, 6.07) is 15.1. The molecule has 2 N–H and O–H groups in total. The summed E-state index contributed by atoms with van der Waals surface area (Å²) in [5.41, 5.74) is 10.9. The molecular formula is C19H14Cl2N4. The van der Waals surface area contributed by atoms with Gasteiger partial charge in [0.2, 0.25) is 0 Å². The van der Waals surface area contributed by atoms with Gasteiger partial charge in [0.15, 0.2) is 0 Å². The van der Waals surface area contributed by atoms with E-state index in [1.54, 1.807) is 6.33 Å². The van der Waals surface area contributed by atoms with E-state index >= 15 is 0 Å². The lowest BCUT2D eigenvalue weighted by molar-refractivity contribution is 1.06. The molecule has 2 aromatic heterocycles. The molecule has 4 nitrogen and oxygen atoms in total. The van der Waals surface area contributed by atoms with Crippen LogP contribution in [0.4, 0.5) is 5.69 Å². The minimum atomic E-state index is 0.562. The summed E-state index contributed by atoms with van der Waals surface area (Å²) in [6.07, 6.45) is 1.54. The van der Waals surface area contributed by atoms with E-state index in [1.165, 1.54) is 0 Å². The summed E-state index contributed by atoms with van der Waals surface area (Å²) in [5, 5.41) is 2.15. The van der Waals surface area contributed by atoms with Gasteiger partial charge in [0.05, 0.1) is 16.8 Å². The number of aryl methyl sites for hydroxylation is 1. The Balaban J connectivity index is 2.10. The second kappa shape index (κ2) is 6.06. The number of halogens is 2. The first-order chi connectivity index (χ1) is 12.1. The maximum atomic E-state index is 6.81. The van der Waals surface area contributed by atoms with Crippen molar-refractivity contribution in [1.29, 1.82) is 0 Å². The first kappa shape index (κ1) is 15.9. The monoisotopic (exact) mass is 368 g/mol. The molecule has 2 heterocycles. The number of nitrogens with two attached hydrogens (primary N) is 1. The molecule has 0 unspecified atom stereocenters. The van der Waals surface area contributed by atoms with Crippen molar-refractivity contribution in [2.45, 2.75) is 6.92 Å². The minimum Gasteiger partial charge on any atom is -0.399 e. The van der Waals surface area contributed by atoms with E-state index in [-0.39, 0.29) is 0 Å². The summed E-state index contributed by atoms with van der Waals surface area (Å²) in [7, 11) is 0. The number of nitrogens with zero attached hydrogens (tertiary/aromatic N) is 3. The molecule has 4 rings (SSSR count). The number of nitrogen functional groups attached to an aromatic ring is 1. The third-order valence-electron chi connectivity index (χ3n) is 4.14. The summed E-state index contributed by atoms with van der Waals surface area (Å²) < 4.78 is 1.89. The standard InChI is InChI=1S/C19H14Cl2N4/c1-11-16-17(12-5-7-13(20)8-6-12)18(21)25(19(16)24-10-23-11)15-4-2-3-14(22)9-15/h2-10H,22H2,1H3. The Hall–Kier alpha value is -2.56. The minimum absolute atomic E-state index is 0.562. The van der Waals surface area contributed by atoms with Crippen molar-refractivity contribution in [3.05, 3.63) is 70.7 Å². The first-order valence-corrected chi connectivity index (χ1v) is 8.45. The van der Waals surface area contributed by atoms with Crippen LogP contribution in [-0.2, 0) is 0 Å². The maximum absolute atomic E-state index is 6.81. The van der Waals surface area contributed by atoms with Gasteiger partial charge in [0.1, 0.15) is 17.1 Å². The van der Waals surface area contributed by atoms with Crippen molar-refractivity contribution in [1.82, 2.24) is 14.5 Å². The van der Waals surface area contributed by atoms with Crippen LogP contribution >= 0.6 is 23.2 Å². The van der Waals surface area contributed by atoms with Crippen molar-refractivity contribution >= 4 is 39.9 Å². The molecule has 0 radical (unpaired) electrons. The molecule has 0 aliphatic heterocycles. The quantitative estimate of drug-likeness (QED) is 0.489. The van der Waals surface area contributed by atoms with Crippen molar-refractivity contribution in [2.24, 2.45) is 0 Å². The van der Waals surface area contributed by atoms with Crippen LogP contribution in [-0.4, -0.2) is 14.5 Å². The number of hydrogen-bond acceptors (Lipinski definition) is 3. The Labute approximate surface area is 154 Å². The van der Waals surface area contributed by atoms with Gasteiger partial charge in [-0.15, -0.1) is 0 Å². The zero-order valence-corrected chi connectivity index (χ0v) is 14.9. The number of anilines is 1. The van der Waals surface area contributed by atoms with Crippen molar-refractivity contribution in [2.75, 3.05) is 5.73 Å². The van der Waals surface area contributed by atoms with Crippen molar-refractivity contribution < 1.29 is 0 Å². The van der Waals surface area contributed by atoms with Gasteiger partial charge in [0.25, 0.3) is 0 Å². The second-order valence-corrected chi connectivity index (χ2v) is 6.56. The zero-order valence-electron chi connectivity index (χ0n) is 13.4. The van der Waals surface area contributed by atoms with Gasteiger partial charge in [-0.3, -0.25) is 4.57 Å². The van der Waals surface area contributed by atoms with E-state index in [4.69, 9.17) is 28.9 Å². The molecule has 25 heavy (non-hydrogen) atoms. The maximum Gasteiger partial charge on any atom is 0.150 e. The SMILES string of the molecule is Cc1ncnc2c1c(-c1ccc(Cl)cc1)c(Cl)n2-c1cccc(N)c1. The lowest BCUT2D eigenvalue weighted by Gasteiger charge is -2.07. The van der Waals surface area contributed by atoms with Crippen LogP contribution in [0.15, 0.2) is 54.9 Å². The average Bonchev–Trinajstić information content (AvgIpc) is 2.89. The molecule has 0 atom stereocenters. The number of fused-ring (bicyclic) bond motifs is 1. The summed E-state index contributed by atoms with van der Waals surface area (Å²) in [5.74, 6) is 0. The fourth-order valence-corrected chi connectivity index (χ4v) is 3.52. The van der Waals surface area contributed by atoms with E-state index < -0.39 is 0 Å². The predicted octanol–water partition coefficient (Wildman–Crippen LogP) is 5.28. The molecule has 0 saturated carbocycles. The Kier molecular flexibility index (Phi) is 3.86. The van der Waals surface area contributed by atoms with Crippen molar-refractivity contribution in [3.63, 3.8) is 0 Å². The lowest BCUT2D eigenvalue weighted by Crippen LogP contribution is -1.97. The molecule has 124 valence electrons. The summed E-state index contributed by atoms with van der Waals surface area (Å²) in [6.45, 7) is 1.95. The molecule has 0 fully saturated rings. The first-order valence-electron chi connectivity index (χ1n) is 7.69. The molecule has 0 saturated heterocycles. The Morgan fingerprint density at radius 2 is 1.76 bits per heavy atom. The van der Waals surface area contributed by atoms with E-state index in [1.807, 2.05) is 60.0 Å². The van der Waals surface area contributed by atoms with E-state index in [9.17, 15) is 0 Å². The number of rotatable bonds is 2. The molecule has 0 aliphatic carbocycles. The van der Waals surface area contributed by atoms with Crippen LogP contribution in [0, 0.1) is 6.92 Å². The number of benzene rings is 2. The third-order valence-corrected chi connectivity index (χ3v) is 4.75. The Morgan fingerprint density at radius 3 is 2.48 bits per heavy atom. The number of aromatic nitrogens is 3. The van der Waals surface area contributed by atoms with E-state index in [0.29, 0.717) is 15.9 Å². The Bertz CT molecular complexity index is 1080. The van der Waals surface area contributed by atoms with Crippen LogP contribution in [0.1, 0.15) is 5.69 Å². The highest BCUT2D eigenvalue weighted by molar-refractivity contribution is 6.35. The average molecular weight is 369 g/mol. The van der Waals surface area contributed by atoms with Gasteiger partial charge in [-0.2, -0.15) is 0 Å². The van der Waals surface area contributed by atoms with Gasteiger partial charge < -0.3 is 5.73 Å². The fraction of sp³-hybridized carbons (Fsp3) is 0.0526. The predicted molar refractivity (Wildman–Crippen MR) is 103 cm³/mol. The molecule has 0 aliphatic rings. The van der Waals surface area contributed by atoms with E-state index in [2.05, 4.69) is 9.97 Å². The molecular weight excluding hydrogens is 355 g/mol. The van der Waals surface area contributed by atoms with E-state index in [0.717, 1.165) is 33.5 Å². The van der Waals surface area contributed by atoms with Crippen LogP contribution in [0.5, 0.6) is 0 Å². The normalized spacial score (nSPS) is 11.2. The molecule has 4 aromatic rings. The Morgan fingerprint density at radius 1 is 1.00 bits per heavy atom. The van der Waals surface area contributed by atoms with Gasteiger partial charge in [-0.25, -0.2) is 9.97 Å². The molecule has 0 amide bonds. The highest BCUT2D eigenvalue weighted by Gasteiger charge is 2.21. The largest absolute Gasteiger partial charge is 0.399 e. The lowest BCUT2D eigenvalue weighted by atomic mass is 10.1. The smallest absolute Gasteiger partial charge is 0.150 e. The van der Waals surface area contributed by atoms with Gasteiger partial charge >= 0.3 is 0 Å². The molecule has 0 spiro atoms. The fourth-order valence-electron chi connectivity index (χ4n) is 3.01. The molecule has 6 heteroatoms. The molecule has 2 aromatic carbocycles. The van der Waals surface area contributed by atoms with Gasteiger partial charge in [0, 0.05) is 16.3 Å². The third kappa shape index (κ3) is 2.64. The molecule has 0 bridgehead atoms. The van der Waals surface area contributed by atoms with Crippen LogP contribution in [0.25, 0.3) is 27.8 Å². The van der Waals surface area contributed by atoms with Gasteiger partial charge in [-0.05, 0) is 42.8 Å². The topological polar surface area (TPSA) is 56.7 Å². The van der Waals surface area contributed by atoms with Gasteiger partial charge in [-0.1, -0.05) is 41.4 Å². The summed E-state index contributed by atoms with van der Waals surface area (Å²) >= 11 is 12.8. The zero-order chi connectivity index (χ0) is 17.6. The van der Waals surface area contributed by atoms with Crippen LogP contribution in [0.3, 0.4) is 0 Å². The summed E-state index contributed by atoms with van der Waals surface area (Å²) in [4.78, 5) is 8.82. The van der Waals surface area contributed by atoms with Crippen molar-refractivity contribution in [3.8, 4) is 16.8 Å². The number of hydrogen-bond donors (Lipinski definition) is 1. The second-order valence-electron chi connectivity index (χ2n) is 5.76. The van der Waals surface area contributed by atoms with Crippen LogP contribution < -0.4 is 5.73 Å². The highest BCUT2D eigenvalue weighted by Crippen LogP contribution is 2.40. The van der Waals surface area contributed by atoms with Crippen LogP contribution in [0.2, 0.25) is 10.2 Å².